The zero-order valence-corrected chi connectivity index (χ0v) is 8.60. The van der Waals surface area contributed by atoms with Gasteiger partial charge in [-0.05, 0) is 6.92 Å². The van der Waals surface area contributed by atoms with Gasteiger partial charge in [-0.1, -0.05) is 0 Å². The predicted molar refractivity (Wildman–Crippen MR) is 51.6 cm³/mol. The molecule has 0 radical (unpaired) electrons. The van der Waals surface area contributed by atoms with Crippen molar-refractivity contribution < 1.29 is 19.8 Å². The molecule has 88 valence electrons. The number of H-pyrrole nitrogens is 1. The maximum atomic E-state index is 11.3. The number of hydrogen-bond donors (Lipinski definition) is 4. The van der Waals surface area contributed by atoms with Crippen LogP contribution < -0.4 is 5.32 Å². The lowest BCUT2D eigenvalue weighted by molar-refractivity contribution is -0.141. The summed E-state index contributed by atoms with van der Waals surface area (Å²) >= 11 is 0. The van der Waals surface area contributed by atoms with E-state index in [9.17, 15) is 14.7 Å². The Morgan fingerprint density at radius 2 is 2.31 bits per heavy atom. The summed E-state index contributed by atoms with van der Waals surface area (Å²) < 4.78 is 0. The van der Waals surface area contributed by atoms with Crippen molar-refractivity contribution in [3.63, 3.8) is 0 Å². The highest BCUT2D eigenvalue weighted by molar-refractivity contribution is 5.91. The van der Waals surface area contributed by atoms with Crippen molar-refractivity contribution in [2.24, 2.45) is 0 Å². The van der Waals surface area contributed by atoms with E-state index >= 15 is 0 Å². The Kier molecular flexibility index (Phi) is 3.56. The third kappa shape index (κ3) is 3.65. The average molecular weight is 228 g/mol. The van der Waals surface area contributed by atoms with Crippen LogP contribution in [0.4, 0.5) is 0 Å². The molecule has 0 saturated carbocycles. The summed E-state index contributed by atoms with van der Waals surface area (Å²) in [5, 5.41) is 29.7. The van der Waals surface area contributed by atoms with Gasteiger partial charge in [-0.2, -0.15) is 15.4 Å². The average Bonchev–Trinajstić information content (AvgIpc) is 2.64. The van der Waals surface area contributed by atoms with Crippen molar-refractivity contribution in [2.75, 3.05) is 6.54 Å². The van der Waals surface area contributed by atoms with Crippen LogP contribution in [0, 0.1) is 0 Å². The predicted octanol–water partition coefficient (Wildman–Crippen LogP) is -1.24. The van der Waals surface area contributed by atoms with Crippen molar-refractivity contribution in [1.29, 1.82) is 0 Å². The number of aliphatic hydroxyl groups is 1. The molecule has 0 aliphatic rings. The molecule has 1 heterocycles. The second-order valence-corrected chi connectivity index (χ2v) is 3.61. The zero-order chi connectivity index (χ0) is 12.2. The number of aromatic nitrogens is 3. The quantitative estimate of drug-likeness (QED) is 0.499. The molecule has 1 rings (SSSR count). The third-order valence-corrected chi connectivity index (χ3v) is 1.81. The highest BCUT2D eigenvalue weighted by Crippen LogP contribution is 2.07. The molecule has 8 heteroatoms. The third-order valence-electron chi connectivity index (χ3n) is 1.81. The lowest BCUT2D eigenvalue weighted by Gasteiger charge is -2.20. The number of aliphatic carboxylic acids is 1. The van der Waals surface area contributed by atoms with E-state index in [-0.39, 0.29) is 12.2 Å². The van der Waals surface area contributed by atoms with E-state index in [0.717, 1.165) is 0 Å². The number of carboxylic acid groups (broad SMARTS) is 1. The molecule has 1 aromatic heterocycles. The minimum atomic E-state index is -1.49. The van der Waals surface area contributed by atoms with Gasteiger partial charge in [0.05, 0.1) is 18.2 Å². The fourth-order valence-electron chi connectivity index (χ4n) is 1.06. The van der Waals surface area contributed by atoms with Crippen LogP contribution in [0.2, 0.25) is 0 Å². The van der Waals surface area contributed by atoms with E-state index in [1.54, 1.807) is 0 Å². The Bertz CT molecular complexity index is 373. The number of carbonyl (C=O) groups is 2. The van der Waals surface area contributed by atoms with Gasteiger partial charge in [0, 0.05) is 6.54 Å². The number of nitrogens with zero attached hydrogens (tertiary/aromatic N) is 2. The Labute approximate surface area is 90.7 Å². The summed E-state index contributed by atoms with van der Waals surface area (Å²) in [6.45, 7) is 1.15. The van der Waals surface area contributed by atoms with Crippen molar-refractivity contribution in [1.82, 2.24) is 20.7 Å². The first kappa shape index (κ1) is 12.1. The zero-order valence-electron chi connectivity index (χ0n) is 8.60. The second kappa shape index (κ2) is 4.71. The van der Waals surface area contributed by atoms with E-state index in [1.165, 1.54) is 13.1 Å². The summed E-state index contributed by atoms with van der Waals surface area (Å²) in [5.74, 6) is -1.67. The fraction of sp³-hybridized carbons (Fsp3) is 0.500. The second-order valence-electron chi connectivity index (χ2n) is 3.61. The molecule has 0 aliphatic heterocycles. The molecule has 1 aromatic rings. The SMILES string of the molecule is CC(O)(CNC(=O)c1cn[nH]n1)CC(=O)O. The van der Waals surface area contributed by atoms with Crippen molar-refractivity contribution in [3.05, 3.63) is 11.9 Å². The summed E-state index contributed by atoms with van der Waals surface area (Å²) in [5.41, 5.74) is -1.42. The van der Waals surface area contributed by atoms with Gasteiger partial charge in [0.1, 0.15) is 0 Å². The van der Waals surface area contributed by atoms with E-state index in [4.69, 9.17) is 5.11 Å². The van der Waals surface area contributed by atoms with Crippen LogP contribution in [0.1, 0.15) is 23.8 Å². The first-order valence-corrected chi connectivity index (χ1v) is 4.49. The lowest BCUT2D eigenvalue weighted by Crippen LogP contribution is -2.42. The molecular formula is C8H12N4O4. The molecule has 1 amide bonds. The molecule has 0 aliphatic carbocycles. The van der Waals surface area contributed by atoms with E-state index in [2.05, 4.69) is 20.7 Å². The normalized spacial score (nSPS) is 14.1. The summed E-state index contributed by atoms with van der Waals surface area (Å²) in [6, 6.07) is 0. The molecular weight excluding hydrogens is 216 g/mol. The van der Waals surface area contributed by atoms with Crippen LogP contribution >= 0.6 is 0 Å². The van der Waals surface area contributed by atoms with Gasteiger partial charge in [0.25, 0.3) is 5.91 Å². The van der Waals surface area contributed by atoms with Crippen LogP contribution in [0.5, 0.6) is 0 Å². The van der Waals surface area contributed by atoms with Gasteiger partial charge < -0.3 is 15.5 Å². The number of amides is 1. The van der Waals surface area contributed by atoms with E-state index in [1.807, 2.05) is 0 Å². The largest absolute Gasteiger partial charge is 0.481 e. The maximum absolute atomic E-state index is 11.3. The van der Waals surface area contributed by atoms with Gasteiger partial charge in [0.2, 0.25) is 0 Å². The number of carboxylic acids is 1. The van der Waals surface area contributed by atoms with Gasteiger partial charge in [-0.3, -0.25) is 9.59 Å². The Morgan fingerprint density at radius 1 is 1.62 bits per heavy atom. The summed E-state index contributed by atoms with van der Waals surface area (Å²) in [7, 11) is 0. The van der Waals surface area contributed by atoms with E-state index < -0.39 is 23.9 Å². The highest BCUT2D eigenvalue weighted by Gasteiger charge is 2.25. The number of rotatable bonds is 5. The number of nitrogens with one attached hydrogen (secondary N) is 2. The Morgan fingerprint density at radius 3 is 2.81 bits per heavy atom. The molecule has 4 N–H and O–H groups in total. The summed E-state index contributed by atoms with van der Waals surface area (Å²) in [4.78, 5) is 21.7. The molecule has 1 unspecified atom stereocenters. The minimum Gasteiger partial charge on any atom is -0.481 e. The van der Waals surface area contributed by atoms with Crippen LogP contribution in [0.3, 0.4) is 0 Å². The molecule has 16 heavy (non-hydrogen) atoms. The molecule has 1 atom stereocenters. The number of hydrogen-bond acceptors (Lipinski definition) is 5. The van der Waals surface area contributed by atoms with Gasteiger partial charge in [-0.25, -0.2) is 0 Å². The topological polar surface area (TPSA) is 128 Å². The van der Waals surface area contributed by atoms with Crippen molar-refractivity contribution in [3.8, 4) is 0 Å². The van der Waals surface area contributed by atoms with Gasteiger partial charge in [-0.15, -0.1) is 0 Å². The maximum Gasteiger partial charge on any atom is 0.306 e. The molecule has 0 aromatic carbocycles. The molecule has 8 nitrogen and oxygen atoms in total. The fourth-order valence-corrected chi connectivity index (χ4v) is 1.06. The monoisotopic (exact) mass is 228 g/mol. The molecule has 0 fully saturated rings. The van der Waals surface area contributed by atoms with Crippen LogP contribution in [-0.4, -0.2) is 49.6 Å². The van der Waals surface area contributed by atoms with Gasteiger partial charge >= 0.3 is 5.97 Å². The van der Waals surface area contributed by atoms with Crippen LogP contribution in [0.15, 0.2) is 6.20 Å². The van der Waals surface area contributed by atoms with Gasteiger partial charge in [0.15, 0.2) is 5.69 Å². The first-order chi connectivity index (χ1) is 7.41. The van der Waals surface area contributed by atoms with Crippen LogP contribution in [-0.2, 0) is 4.79 Å². The van der Waals surface area contributed by atoms with E-state index in [0.29, 0.717) is 0 Å². The van der Waals surface area contributed by atoms with Crippen LogP contribution in [0.25, 0.3) is 0 Å². The lowest BCUT2D eigenvalue weighted by atomic mass is 10.0. The van der Waals surface area contributed by atoms with Crippen molar-refractivity contribution >= 4 is 11.9 Å². The Balaban J connectivity index is 2.45. The standard InChI is InChI=1S/C8H12N4O4/c1-8(16,2-6(13)14)4-9-7(15)5-3-10-12-11-5/h3,16H,2,4H2,1H3,(H,9,15)(H,13,14)(H,10,11,12). The number of aromatic amines is 1. The number of carbonyl (C=O) groups excluding carboxylic acids is 1. The smallest absolute Gasteiger partial charge is 0.306 e. The summed E-state index contributed by atoms with van der Waals surface area (Å²) in [6.07, 6.45) is 0.771. The Hall–Kier alpha value is -1.96. The highest BCUT2D eigenvalue weighted by atomic mass is 16.4. The minimum absolute atomic E-state index is 0.0751. The molecule has 0 spiro atoms. The van der Waals surface area contributed by atoms with Crippen molar-refractivity contribution in [2.45, 2.75) is 18.9 Å². The molecule has 0 bridgehead atoms. The molecule has 0 saturated heterocycles. The first-order valence-electron chi connectivity index (χ1n) is 4.49.